The quantitative estimate of drug-likeness (QED) is 0.797. The summed E-state index contributed by atoms with van der Waals surface area (Å²) < 4.78 is 5.13. The van der Waals surface area contributed by atoms with E-state index in [0.717, 1.165) is 30.4 Å². The van der Waals surface area contributed by atoms with Gasteiger partial charge in [0.15, 0.2) is 0 Å². The van der Waals surface area contributed by atoms with Crippen molar-refractivity contribution in [3.63, 3.8) is 0 Å². The molecule has 0 bridgehead atoms. The maximum atomic E-state index is 11.7. The Morgan fingerprint density at radius 3 is 2.90 bits per heavy atom. The predicted molar refractivity (Wildman–Crippen MR) is 82.3 cm³/mol. The van der Waals surface area contributed by atoms with Crippen LogP contribution in [0.2, 0.25) is 0 Å². The smallest absolute Gasteiger partial charge is 0.411 e. The summed E-state index contributed by atoms with van der Waals surface area (Å²) in [5.74, 6) is 0. The normalized spacial score (nSPS) is 20.3. The van der Waals surface area contributed by atoms with Crippen molar-refractivity contribution in [1.29, 1.82) is 5.41 Å². The molecule has 0 radical (unpaired) electrons. The summed E-state index contributed by atoms with van der Waals surface area (Å²) in [4.78, 5) is 11.7. The Balaban J connectivity index is 1.82. The highest BCUT2D eigenvalue weighted by Crippen LogP contribution is 2.19. The molecule has 1 saturated carbocycles. The van der Waals surface area contributed by atoms with Crippen molar-refractivity contribution >= 4 is 11.8 Å². The fourth-order valence-electron chi connectivity index (χ4n) is 2.27. The molecule has 1 fully saturated rings. The Kier molecular flexibility index (Phi) is 5.51. The number of carbonyl (C=O) groups is 1. The van der Waals surface area contributed by atoms with Crippen LogP contribution in [0, 0.1) is 5.41 Å². The van der Waals surface area contributed by atoms with Crippen LogP contribution in [0.1, 0.15) is 24.8 Å². The highest BCUT2D eigenvalue weighted by Gasteiger charge is 2.19. The highest BCUT2D eigenvalue weighted by molar-refractivity contribution is 5.98. The second-order valence-corrected chi connectivity index (χ2v) is 5.08. The van der Waals surface area contributed by atoms with Gasteiger partial charge < -0.3 is 15.5 Å². The Bertz CT molecular complexity index is 526. The number of rotatable bonds is 4. The summed E-state index contributed by atoms with van der Waals surface area (Å²) >= 11 is 0. The Hall–Kier alpha value is -2.14. The van der Waals surface area contributed by atoms with Crippen LogP contribution in [-0.2, 0) is 11.3 Å². The molecular formula is C16H21N3O2. The van der Waals surface area contributed by atoms with E-state index in [0.29, 0.717) is 11.8 Å². The molecule has 1 aliphatic carbocycles. The first-order valence-electron chi connectivity index (χ1n) is 7.10. The molecule has 0 spiro atoms. The number of hydrogen-bond acceptors (Lipinski definition) is 4. The van der Waals surface area contributed by atoms with Gasteiger partial charge >= 0.3 is 6.09 Å². The Labute approximate surface area is 124 Å². The summed E-state index contributed by atoms with van der Waals surface area (Å²) in [7, 11) is 1.92. The lowest BCUT2D eigenvalue weighted by molar-refractivity contribution is 0.143. The average molecular weight is 287 g/mol. The standard InChI is InChI=1S/C16H21N3O2/c1-18-14-7-8-15(17)13(9-14)10-19-16(20)21-11-12-5-3-2-4-6-12/h2-6,10,14,17-18H,7-9,11H2,1H3,(H,19,20)/b13-10-,17-15?. The van der Waals surface area contributed by atoms with Crippen LogP contribution < -0.4 is 10.6 Å². The molecule has 2 rings (SSSR count). The zero-order valence-corrected chi connectivity index (χ0v) is 12.2. The maximum Gasteiger partial charge on any atom is 0.411 e. The number of hydrogen-bond donors (Lipinski definition) is 3. The lowest BCUT2D eigenvalue weighted by atomic mass is 9.89. The van der Waals surface area contributed by atoms with Crippen LogP contribution in [0.4, 0.5) is 4.79 Å². The van der Waals surface area contributed by atoms with Crippen molar-refractivity contribution in [2.75, 3.05) is 7.05 Å². The summed E-state index contributed by atoms with van der Waals surface area (Å²) in [6, 6.07) is 9.90. The van der Waals surface area contributed by atoms with Crippen molar-refractivity contribution in [1.82, 2.24) is 10.6 Å². The van der Waals surface area contributed by atoms with E-state index in [1.807, 2.05) is 37.4 Å². The average Bonchev–Trinajstić information content (AvgIpc) is 2.53. The van der Waals surface area contributed by atoms with Crippen LogP contribution in [0.5, 0.6) is 0 Å². The van der Waals surface area contributed by atoms with Gasteiger partial charge in [-0.25, -0.2) is 4.79 Å². The van der Waals surface area contributed by atoms with Crippen molar-refractivity contribution in [2.45, 2.75) is 31.9 Å². The highest BCUT2D eigenvalue weighted by atomic mass is 16.5. The first-order valence-corrected chi connectivity index (χ1v) is 7.10. The van der Waals surface area contributed by atoms with Gasteiger partial charge in [0.2, 0.25) is 0 Å². The van der Waals surface area contributed by atoms with Gasteiger partial charge in [0.25, 0.3) is 0 Å². The van der Waals surface area contributed by atoms with Gasteiger partial charge in [0.05, 0.1) is 0 Å². The van der Waals surface area contributed by atoms with E-state index < -0.39 is 6.09 Å². The summed E-state index contributed by atoms with van der Waals surface area (Å²) in [6.07, 6.45) is 3.56. The van der Waals surface area contributed by atoms with Crippen molar-refractivity contribution in [2.24, 2.45) is 0 Å². The summed E-state index contributed by atoms with van der Waals surface area (Å²) in [5.41, 5.74) is 2.39. The van der Waals surface area contributed by atoms with E-state index in [1.165, 1.54) is 0 Å². The van der Waals surface area contributed by atoms with Gasteiger partial charge in [0.1, 0.15) is 6.61 Å². The van der Waals surface area contributed by atoms with Crippen LogP contribution >= 0.6 is 0 Å². The minimum absolute atomic E-state index is 0.242. The first kappa shape index (κ1) is 15.3. The SMILES string of the molecule is CNC1CCC(=N)/C(=C\NC(=O)OCc2ccccc2)C1. The van der Waals surface area contributed by atoms with E-state index in [2.05, 4.69) is 10.6 Å². The summed E-state index contributed by atoms with van der Waals surface area (Å²) in [6.45, 7) is 0.242. The molecule has 3 N–H and O–H groups in total. The molecule has 0 saturated heterocycles. The predicted octanol–water partition coefficient (Wildman–Crippen LogP) is 2.59. The number of benzene rings is 1. The molecule has 0 heterocycles. The zero-order valence-electron chi connectivity index (χ0n) is 12.2. The number of amides is 1. The molecule has 5 heteroatoms. The van der Waals surface area contributed by atoms with Gasteiger partial charge in [0, 0.05) is 18.0 Å². The molecule has 1 aromatic rings. The van der Waals surface area contributed by atoms with Crippen LogP contribution in [0.3, 0.4) is 0 Å². The number of alkyl carbamates (subject to hydrolysis) is 1. The third kappa shape index (κ3) is 4.72. The molecule has 5 nitrogen and oxygen atoms in total. The topological polar surface area (TPSA) is 74.2 Å². The van der Waals surface area contributed by atoms with E-state index in [4.69, 9.17) is 10.1 Å². The lowest BCUT2D eigenvalue weighted by Gasteiger charge is -2.24. The molecule has 1 unspecified atom stereocenters. The monoisotopic (exact) mass is 287 g/mol. The van der Waals surface area contributed by atoms with E-state index in [1.54, 1.807) is 6.20 Å². The molecule has 112 valence electrons. The van der Waals surface area contributed by atoms with E-state index in [9.17, 15) is 4.79 Å². The minimum Gasteiger partial charge on any atom is -0.444 e. The second kappa shape index (κ2) is 7.59. The van der Waals surface area contributed by atoms with Gasteiger partial charge in [-0.3, -0.25) is 5.32 Å². The molecule has 21 heavy (non-hydrogen) atoms. The molecule has 1 aromatic carbocycles. The molecule has 1 atom stereocenters. The fraction of sp³-hybridized carbons (Fsp3) is 0.375. The molecule has 1 amide bonds. The van der Waals surface area contributed by atoms with Crippen LogP contribution in [0.25, 0.3) is 0 Å². The third-order valence-electron chi connectivity index (χ3n) is 3.58. The van der Waals surface area contributed by atoms with Crippen molar-refractivity contribution in [3.8, 4) is 0 Å². The largest absolute Gasteiger partial charge is 0.444 e. The minimum atomic E-state index is -0.495. The Morgan fingerprint density at radius 2 is 2.19 bits per heavy atom. The maximum absolute atomic E-state index is 11.7. The first-order chi connectivity index (χ1) is 10.2. The summed E-state index contributed by atoms with van der Waals surface area (Å²) in [5, 5.41) is 13.7. The number of nitrogens with one attached hydrogen (secondary N) is 3. The molecule has 1 aliphatic rings. The Morgan fingerprint density at radius 1 is 1.43 bits per heavy atom. The molecule has 0 aromatic heterocycles. The fourth-order valence-corrected chi connectivity index (χ4v) is 2.27. The van der Waals surface area contributed by atoms with Crippen molar-refractivity contribution in [3.05, 3.63) is 47.7 Å². The lowest BCUT2D eigenvalue weighted by Crippen LogP contribution is -2.32. The van der Waals surface area contributed by atoms with Gasteiger partial charge in [-0.1, -0.05) is 30.3 Å². The van der Waals surface area contributed by atoms with Gasteiger partial charge in [-0.15, -0.1) is 0 Å². The number of carbonyl (C=O) groups excluding carboxylic acids is 1. The van der Waals surface area contributed by atoms with Gasteiger partial charge in [-0.2, -0.15) is 0 Å². The van der Waals surface area contributed by atoms with Crippen LogP contribution in [-0.4, -0.2) is 24.9 Å². The van der Waals surface area contributed by atoms with Gasteiger partial charge in [-0.05, 0) is 37.4 Å². The van der Waals surface area contributed by atoms with E-state index >= 15 is 0 Å². The van der Waals surface area contributed by atoms with Crippen LogP contribution in [0.15, 0.2) is 42.1 Å². The third-order valence-corrected chi connectivity index (χ3v) is 3.58. The second-order valence-electron chi connectivity index (χ2n) is 5.08. The van der Waals surface area contributed by atoms with Crippen molar-refractivity contribution < 1.29 is 9.53 Å². The molecular weight excluding hydrogens is 266 g/mol. The van der Waals surface area contributed by atoms with E-state index in [-0.39, 0.29) is 6.61 Å². The molecule has 0 aliphatic heterocycles. The zero-order chi connectivity index (χ0) is 15.1. The number of ether oxygens (including phenoxy) is 1.